The lowest BCUT2D eigenvalue weighted by Crippen LogP contribution is -2.63. The van der Waals surface area contributed by atoms with E-state index < -0.39 is 76.8 Å². The van der Waals surface area contributed by atoms with Gasteiger partial charge in [-0.3, -0.25) is 34.2 Å². The van der Waals surface area contributed by atoms with E-state index in [4.69, 9.17) is 41.0 Å². The maximum absolute atomic E-state index is 14.3. The Morgan fingerprint density at radius 2 is 1.81 bits per heavy atom. The number of likely N-dealkylation sites (N-methyl/N-ethyl adjacent to an activating group) is 1. The van der Waals surface area contributed by atoms with Gasteiger partial charge in [-0.15, -0.1) is 11.8 Å². The Balaban J connectivity index is 1.16. The number of benzene rings is 1. The molecule has 4 fully saturated rings. The maximum Gasteiger partial charge on any atom is 0.409 e. The number of nitrogens with zero attached hydrogens (tertiary/aromatic N) is 3. The number of imide groups is 1. The Bertz CT molecular complexity index is 2170. The zero-order valence-electron chi connectivity index (χ0n) is 39.4. The second-order valence-corrected chi connectivity index (χ2v) is 20.4. The number of carbonyl (C=O) groups excluding carboxylic acids is 7. The van der Waals surface area contributed by atoms with Gasteiger partial charge in [0.1, 0.15) is 40.7 Å². The summed E-state index contributed by atoms with van der Waals surface area (Å²) in [5.74, 6) is -2.71. The van der Waals surface area contributed by atoms with Gasteiger partial charge in [-0.25, -0.2) is 9.59 Å². The number of amides is 6. The summed E-state index contributed by atoms with van der Waals surface area (Å²) in [4.78, 5) is 96.5. The van der Waals surface area contributed by atoms with Crippen molar-refractivity contribution in [2.45, 2.75) is 133 Å². The Morgan fingerprint density at radius 3 is 2.46 bits per heavy atom. The topological polar surface area (TPSA) is 237 Å². The molecule has 20 heteroatoms. The molecule has 4 N–H and O–H groups in total. The molecule has 18 nitrogen and oxygen atoms in total. The first-order valence-corrected chi connectivity index (χ1v) is 24.1. The number of esters is 1. The SMILES string of the molecule is COc1cc2cc(c1Cl)N(C)C(=O)C[C@H](OC(=O)[C@H](C)N(C)C(=O)CCSC1CC(=O)N(CC3CCC(C(N)=O)CC3)C1=O)[C@]1(C)O[C@H]1[C@H](C)[C@@H]1C[C@@](O)(NC(=O)O1)[C@H](OC)/C=C\C=C(/C)C2. The molecular weight excluding hydrogens is 910 g/mol. The fourth-order valence-corrected chi connectivity index (χ4v) is 11.0. The third-order valence-corrected chi connectivity index (χ3v) is 15.6. The number of halogens is 1. The normalized spacial score (nSPS) is 33.1. The van der Waals surface area contributed by atoms with Crippen LogP contribution in [0, 0.1) is 17.8 Å². The number of nitrogens with one attached hydrogen (secondary N) is 1. The molecule has 1 aromatic rings. The zero-order chi connectivity index (χ0) is 49.1. The molecule has 6 amide bonds. The standard InChI is InChI=1S/C47H64ClN5O13S/c1-25-10-9-11-35(63-8)47(61)23-33(64-45(60)50-47)26(2)41-46(4,66-41)36(22-38(55)52(6)31-19-29(18-25)20-32(62-7)40(31)48)65-44(59)27(3)51(5)37(54)16-17-67-34-21-39(56)53(43(34)58)24-28-12-14-30(15-13-28)42(49)57/h9-11,19-20,26-28,30,33-36,41,61H,12-18,21-24H2,1-8H3,(H2,49,57)(H,50,60)/b11-9-,25-10+/t26-,27+,28?,30?,33+,34?,35-,36+,41+,46+,47+/m1/s1. The van der Waals surface area contributed by atoms with Crippen LogP contribution in [0.25, 0.3) is 0 Å². The van der Waals surface area contributed by atoms with Crippen LogP contribution in [0.5, 0.6) is 5.75 Å². The van der Waals surface area contributed by atoms with Crippen molar-refractivity contribution in [1.29, 1.82) is 0 Å². The van der Waals surface area contributed by atoms with Gasteiger partial charge >= 0.3 is 12.1 Å². The number of alkyl carbamates (subject to hydrolysis) is 1. The van der Waals surface area contributed by atoms with Crippen LogP contribution in [0.1, 0.15) is 84.6 Å². The van der Waals surface area contributed by atoms with Gasteiger partial charge in [-0.2, -0.15) is 0 Å². The van der Waals surface area contributed by atoms with Crippen molar-refractivity contribution >= 4 is 70.6 Å². The highest BCUT2D eigenvalue weighted by atomic mass is 35.5. The smallest absolute Gasteiger partial charge is 0.409 e. The minimum absolute atomic E-state index is 0.0246. The number of hydrogen-bond acceptors (Lipinski definition) is 14. The van der Waals surface area contributed by atoms with Crippen LogP contribution in [-0.4, -0.2) is 144 Å². The van der Waals surface area contributed by atoms with Crippen LogP contribution in [-0.2, 0) is 54.1 Å². The molecule has 0 spiro atoms. The number of hydrogen-bond donors (Lipinski definition) is 3. The lowest BCUT2D eigenvalue weighted by molar-refractivity contribution is -0.162. The van der Waals surface area contributed by atoms with Gasteiger partial charge < -0.3 is 44.3 Å². The van der Waals surface area contributed by atoms with Crippen LogP contribution >= 0.6 is 23.4 Å². The fourth-order valence-electron chi connectivity index (χ4n) is 9.55. The van der Waals surface area contributed by atoms with Gasteiger partial charge in [0, 0.05) is 64.6 Å². The van der Waals surface area contributed by atoms with Crippen LogP contribution in [0.3, 0.4) is 0 Å². The first kappa shape index (κ1) is 51.7. The summed E-state index contributed by atoms with van der Waals surface area (Å²) in [6, 6.07) is 2.42. The number of allylic oxidation sites excluding steroid dienone is 3. The number of epoxide rings is 1. The third-order valence-electron chi connectivity index (χ3n) is 14.1. The average molecular weight is 975 g/mol. The molecule has 4 heterocycles. The summed E-state index contributed by atoms with van der Waals surface area (Å²) in [5.41, 5.74) is 4.31. The second kappa shape index (κ2) is 21.3. The van der Waals surface area contributed by atoms with E-state index in [1.165, 1.54) is 54.7 Å². The molecule has 1 aliphatic carbocycles. The minimum atomic E-state index is -1.87. The average Bonchev–Trinajstić information content (AvgIpc) is 3.91. The van der Waals surface area contributed by atoms with Gasteiger partial charge in [0.15, 0.2) is 5.72 Å². The molecule has 4 aliphatic heterocycles. The van der Waals surface area contributed by atoms with Crippen LogP contribution in [0.2, 0.25) is 5.02 Å². The van der Waals surface area contributed by atoms with Crippen LogP contribution in [0.4, 0.5) is 10.5 Å². The van der Waals surface area contributed by atoms with Crippen molar-refractivity contribution in [3.8, 4) is 5.75 Å². The van der Waals surface area contributed by atoms with Crippen LogP contribution < -0.4 is 20.7 Å². The second-order valence-electron chi connectivity index (χ2n) is 18.7. The molecule has 67 heavy (non-hydrogen) atoms. The molecule has 6 rings (SSSR count). The largest absolute Gasteiger partial charge is 0.495 e. The highest BCUT2D eigenvalue weighted by molar-refractivity contribution is 8.00. The molecular formula is C47H64ClN5O13S. The Morgan fingerprint density at radius 1 is 1.10 bits per heavy atom. The summed E-state index contributed by atoms with van der Waals surface area (Å²) in [6.45, 7) is 7.16. The summed E-state index contributed by atoms with van der Waals surface area (Å²) in [6.07, 6.45) is 3.11. The van der Waals surface area contributed by atoms with Crippen LogP contribution in [0.15, 0.2) is 35.9 Å². The highest BCUT2D eigenvalue weighted by Gasteiger charge is 2.64. The number of thioether (sulfide) groups is 1. The first-order chi connectivity index (χ1) is 31.6. The quantitative estimate of drug-likeness (QED) is 0.152. The number of methoxy groups -OCH3 is 2. The Labute approximate surface area is 400 Å². The molecule has 0 radical (unpaired) electrons. The number of carbonyl (C=O) groups is 7. The number of aliphatic hydroxyl groups is 1. The fraction of sp³-hybridized carbons (Fsp3) is 0.638. The summed E-state index contributed by atoms with van der Waals surface area (Å²) < 4.78 is 29.4. The molecule has 1 saturated carbocycles. The van der Waals surface area contributed by atoms with Crippen molar-refractivity contribution < 1.29 is 62.4 Å². The van der Waals surface area contributed by atoms with Crippen molar-refractivity contribution in [3.05, 3.63) is 46.5 Å². The van der Waals surface area contributed by atoms with Gasteiger partial charge in [0.05, 0.1) is 30.6 Å². The van der Waals surface area contributed by atoms with E-state index in [0.717, 1.165) is 11.1 Å². The highest BCUT2D eigenvalue weighted by Crippen LogP contribution is 2.49. The van der Waals surface area contributed by atoms with Gasteiger partial charge in [-0.05, 0) is 76.5 Å². The first-order valence-electron chi connectivity index (χ1n) is 22.7. The predicted octanol–water partition coefficient (Wildman–Crippen LogP) is 4.06. The van der Waals surface area contributed by atoms with Gasteiger partial charge in [-0.1, -0.05) is 42.3 Å². The number of anilines is 1. The molecule has 368 valence electrons. The Hall–Kier alpha value is -4.69. The molecule has 3 saturated heterocycles. The Kier molecular flexibility index (Phi) is 16.4. The van der Waals surface area contributed by atoms with Crippen molar-refractivity contribution in [1.82, 2.24) is 15.1 Å². The minimum Gasteiger partial charge on any atom is -0.495 e. The van der Waals surface area contributed by atoms with Crippen molar-refractivity contribution in [2.75, 3.05) is 45.5 Å². The summed E-state index contributed by atoms with van der Waals surface area (Å²) >= 11 is 8.02. The molecule has 1 aromatic carbocycles. The lowest BCUT2D eigenvalue weighted by Gasteiger charge is -2.42. The monoisotopic (exact) mass is 973 g/mol. The summed E-state index contributed by atoms with van der Waals surface area (Å²) in [7, 11) is 5.89. The van der Waals surface area contributed by atoms with E-state index in [1.54, 1.807) is 45.2 Å². The van der Waals surface area contributed by atoms with Gasteiger partial charge in [0.25, 0.3) is 0 Å². The number of nitrogens with two attached hydrogens (primary N) is 1. The number of primary amides is 1. The van der Waals surface area contributed by atoms with E-state index in [1.807, 2.05) is 13.0 Å². The van der Waals surface area contributed by atoms with E-state index in [0.29, 0.717) is 50.1 Å². The molecule has 5 aliphatic rings. The molecule has 9 atom stereocenters. The maximum atomic E-state index is 14.3. The number of fused-ring (bicyclic) bond motifs is 5. The van der Waals surface area contributed by atoms with E-state index >= 15 is 0 Å². The van der Waals surface area contributed by atoms with Crippen molar-refractivity contribution in [2.24, 2.45) is 23.5 Å². The zero-order valence-corrected chi connectivity index (χ0v) is 41.0. The van der Waals surface area contributed by atoms with E-state index in [-0.39, 0.29) is 66.0 Å². The molecule has 4 bridgehead atoms. The molecule has 1 unspecified atom stereocenters. The lowest BCUT2D eigenvalue weighted by atomic mass is 9.81. The van der Waals surface area contributed by atoms with Crippen molar-refractivity contribution in [3.63, 3.8) is 0 Å². The number of likely N-dealkylation sites (tertiary alicyclic amines) is 1. The third kappa shape index (κ3) is 11.6. The number of rotatable bonds is 12. The van der Waals surface area contributed by atoms with E-state index in [9.17, 15) is 38.7 Å². The summed E-state index contributed by atoms with van der Waals surface area (Å²) in [5, 5.41) is 13.9. The van der Waals surface area contributed by atoms with E-state index in [2.05, 4.69) is 5.32 Å². The van der Waals surface area contributed by atoms with Gasteiger partial charge in [0.2, 0.25) is 29.5 Å². The number of ether oxygens (including phenoxy) is 5. The molecule has 0 aromatic heterocycles. The predicted molar refractivity (Wildman–Crippen MR) is 248 cm³/mol.